The summed E-state index contributed by atoms with van der Waals surface area (Å²) >= 11 is 0. The van der Waals surface area contributed by atoms with Crippen molar-refractivity contribution in [3.8, 4) is 0 Å². The van der Waals surface area contributed by atoms with Gasteiger partial charge in [-0.2, -0.15) is 0 Å². The molecular formula is C13H24N2O3. The van der Waals surface area contributed by atoms with Crippen LogP contribution in [0.3, 0.4) is 0 Å². The Morgan fingerprint density at radius 2 is 1.89 bits per heavy atom. The van der Waals surface area contributed by atoms with Crippen LogP contribution in [0, 0.1) is 5.41 Å². The molecule has 0 aliphatic heterocycles. The lowest BCUT2D eigenvalue weighted by atomic mass is 9.71. The predicted molar refractivity (Wildman–Crippen MR) is 69.3 cm³/mol. The van der Waals surface area contributed by atoms with Crippen molar-refractivity contribution < 1.29 is 14.7 Å². The summed E-state index contributed by atoms with van der Waals surface area (Å²) in [6.07, 6.45) is 5.74. The number of nitrogens with one attached hydrogen (secondary N) is 2. The van der Waals surface area contributed by atoms with Gasteiger partial charge < -0.3 is 15.7 Å². The monoisotopic (exact) mass is 256 g/mol. The van der Waals surface area contributed by atoms with E-state index in [1.807, 2.05) is 0 Å². The lowest BCUT2D eigenvalue weighted by molar-refractivity contribution is -0.140. The summed E-state index contributed by atoms with van der Waals surface area (Å²) in [5, 5.41) is 14.8. The smallest absolute Gasteiger partial charge is 0.303 e. The fraction of sp³-hybridized carbons (Fsp3) is 0.846. The summed E-state index contributed by atoms with van der Waals surface area (Å²) in [6, 6.07) is 0. The minimum atomic E-state index is -0.763. The summed E-state index contributed by atoms with van der Waals surface area (Å²) in [6.45, 7) is 1.15. The number of rotatable bonds is 7. The fourth-order valence-electron chi connectivity index (χ4n) is 2.65. The third kappa shape index (κ3) is 5.04. The van der Waals surface area contributed by atoms with Gasteiger partial charge in [0, 0.05) is 19.5 Å². The van der Waals surface area contributed by atoms with Crippen LogP contribution >= 0.6 is 0 Å². The lowest BCUT2D eigenvalue weighted by Gasteiger charge is -2.36. The number of aliphatic carboxylic acids is 1. The first-order valence-corrected chi connectivity index (χ1v) is 6.71. The summed E-state index contributed by atoms with van der Waals surface area (Å²) in [7, 11) is 1.81. The van der Waals surface area contributed by atoms with Crippen LogP contribution in [-0.2, 0) is 9.59 Å². The Morgan fingerprint density at radius 1 is 1.22 bits per heavy atom. The molecule has 18 heavy (non-hydrogen) atoms. The fourth-order valence-corrected chi connectivity index (χ4v) is 2.65. The molecule has 1 rings (SSSR count). The molecule has 1 aliphatic carbocycles. The van der Waals surface area contributed by atoms with Crippen LogP contribution < -0.4 is 10.6 Å². The van der Waals surface area contributed by atoms with Crippen LogP contribution in [0.1, 0.15) is 44.9 Å². The van der Waals surface area contributed by atoms with E-state index in [1.54, 1.807) is 7.05 Å². The van der Waals surface area contributed by atoms with Gasteiger partial charge in [0.1, 0.15) is 0 Å². The molecule has 3 N–H and O–H groups in total. The molecule has 1 fully saturated rings. The summed E-state index contributed by atoms with van der Waals surface area (Å²) in [4.78, 5) is 22.5. The van der Waals surface area contributed by atoms with Crippen LogP contribution in [-0.4, -0.2) is 37.1 Å². The second-order valence-electron chi connectivity index (χ2n) is 5.26. The first-order valence-electron chi connectivity index (χ1n) is 6.71. The molecule has 0 heterocycles. The maximum atomic E-state index is 11.6. The highest BCUT2D eigenvalue weighted by Gasteiger charge is 2.34. The zero-order valence-corrected chi connectivity index (χ0v) is 11.1. The molecule has 0 spiro atoms. The van der Waals surface area contributed by atoms with Gasteiger partial charge in [0.25, 0.3) is 0 Å². The van der Waals surface area contributed by atoms with Gasteiger partial charge in [-0.05, 0) is 25.3 Å². The Balaban J connectivity index is 2.45. The molecule has 0 bridgehead atoms. The largest absolute Gasteiger partial charge is 0.481 e. The predicted octanol–water partition coefficient (Wildman–Crippen LogP) is 1.14. The quantitative estimate of drug-likeness (QED) is 0.638. The molecule has 0 saturated heterocycles. The van der Waals surface area contributed by atoms with E-state index in [1.165, 1.54) is 6.42 Å². The molecule has 0 aromatic carbocycles. The topological polar surface area (TPSA) is 78.4 Å². The second kappa shape index (κ2) is 7.36. The van der Waals surface area contributed by atoms with Gasteiger partial charge >= 0.3 is 5.97 Å². The van der Waals surface area contributed by atoms with Crippen molar-refractivity contribution in [1.82, 2.24) is 10.6 Å². The zero-order valence-electron chi connectivity index (χ0n) is 11.1. The highest BCUT2D eigenvalue weighted by Crippen LogP contribution is 2.38. The Bertz CT molecular complexity index is 286. The highest BCUT2D eigenvalue weighted by molar-refractivity contribution is 5.76. The Kier molecular flexibility index (Phi) is 6.12. The van der Waals surface area contributed by atoms with Crippen LogP contribution in [0.25, 0.3) is 0 Å². The molecule has 1 saturated carbocycles. The maximum Gasteiger partial charge on any atom is 0.303 e. The van der Waals surface area contributed by atoms with Crippen LogP contribution in [0.5, 0.6) is 0 Å². The van der Waals surface area contributed by atoms with Crippen molar-refractivity contribution in [1.29, 1.82) is 0 Å². The van der Waals surface area contributed by atoms with E-state index in [-0.39, 0.29) is 17.7 Å². The molecule has 1 aliphatic rings. The van der Waals surface area contributed by atoms with E-state index in [0.29, 0.717) is 19.5 Å². The van der Waals surface area contributed by atoms with E-state index < -0.39 is 5.97 Å². The molecule has 5 nitrogen and oxygen atoms in total. The van der Waals surface area contributed by atoms with Crippen molar-refractivity contribution in [2.24, 2.45) is 5.41 Å². The number of hydrogen-bond acceptors (Lipinski definition) is 3. The molecule has 1 amide bonds. The molecule has 5 heteroatoms. The van der Waals surface area contributed by atoms with Gasteiger partial charge in [0.15, 0.2) is 0 Å². The summed E-state index contributed by atoms with van der Waals surface area (Å²) < 4.78 is 0. The molecule has 0 atom stereocenters. The van der Waals surface area contributed by atoms with Crippen molar-refractivity contribution in [3.63, 3.8) is 0 Å². The van der Waals surface area contributed by atoms with E-state index >= 15 is 0 Å². The number of hydrogen-bond donors (Lipinski definition) is 3. The maximum absolute atomic E-state index is 11.6. The Morgan fingerprint density at radius 3 is 2.44 bits per heavy atom. The normalized spacial score (nSPS) is 18.3. The molecule has 0 radical (unpaired) electrons. The zero-order chi connectivity index (χ0) is 13.4. The van der Waals surface area contributed by atoms with Crippen molar-refractivity contribution in [3.05, 3.63) is 0 Å². The minimum absolute atomic E-state index is 0.000290. The van der Waals surface area contributed by atoms with Gasteiger partial charge in [0.05, 0.1) is 6.42 Å². The third-order valence-electron chi connectivity index (χ3n) is 3.70. The standard InChI is InChI=1S/C13H24N2O3/c1-14-8-5-11(16)15-10-13(9-12(17)18)6-3-2-4-7-13/h14H,2-10H2,1H3,(H,15,16)(H,17,18). The molecular weight excluding hydrogens is 232 g/mol. The average molecular weight is 256 g/mol. The van der Waals surface area contributed by atoms with Crippen molar-refractivity contribution in [2.75, 3.05) is 20.1 Å². The average Bonchev–Trinajstić information content (AvgIpc) is 2.34. The van der Waals surface area contributed by atoms with Gasteiger partial charge in [-0.3, -0.25) is 9.59 Å². The van der Waals surface area contributed by atoms with E-state index in [9.17, 15) is 9.59 Å². The summed E-state index contributed by atoms with van der Waals surface area (Å²) in [5.74, 6) is -0.763. The minimum Gasteiger partial charge on any atom is -0.481 e. The van der Waals surface area contributed by atoms with Gasteiger partial charge in [-0.15, -0.1) is 0 Å². The summed E-state index contributed by atoms with van der Waals surface area (Å²) in [5.41, 5.74) is -0.223. The highest BCUT2D eigenvalue weighted by atomic mass is 16.4. The molecule has 0 aromatic rings. The lowest BCUT2D eigenvalue weighted by Crippen LogP contribution is -2.41. The number of carbonyl (C=O) groups excluding carboxylic acids is 1. The Labute approximate surface area is 108 Å². The number of amides is 1. The molecule has 0 unspecified atom stereocenters. The number of carboxylic acids is 1. The van der Waals surface area contributed by atoms with Crippen LogP contribution in [0.2, 0.25) is 0 Å². The first kappa shape index (κ1) is 15.0. The van der Waals surface area contributed by atoms with Gasteiger partial charge in [-0.25, -0.2) is 0 Å². The van der Waals surface area contributed by atoms with E-state index in [0.717, 1.165) is 25.7 Å². The Hall–Kier alpha value is -1.10. The third-order valence-corrected chi connectivity index (χ3v) is 3.70. The van der Waals surface area contributed by atoms with Crippen LogP contribution in [0.4, 0.5) is 0 Å². The van der Waals surface area contributed by atoms with Gasteiger partial charge in [-0.1, -0.05) is 19.3 Å². The number of carbonyl (C=O) groups is 2. The number of carboxylic acid groups (broad SMARTS) is 1. The van der Waals surface area contributed by atoms with Crippen molar-refractivity contribution >= 4 is 11.9 Å². The second-order valence-corrected chi connectivity index (χ2v) is 5.26. The van der Waals surface area contributed by atoms with E-state index in [2.05, 4.69) is 10.6 Å². The van der Waals surface area contributed by atoms with E-state index in [4.69, 9.17) is 5.11 Å². The SMILES string of the molecule is CNCCC(=O)NCC1(CC(=O)O)CCCCC1. The van der Waals surface area contributed by atoms with Gasteiger partial charge in [0.2, 0.25) is 5.91 Å². The molecule has 104 valence electrons. The van der Waals surface area contributed by atoms with Crippen LogP contribution in [0.15, 0.2) is 0 Å². The van der Waals surface area contributed by atoms with Crippen molar-refractivity contribution in [2.45, 2.75) is 44.9 Å². The first-order chi connectivity index (χ1) is 8.58. The molecule has 0 aromatic heterocycles.